The molecule has 0 saturated heterocycles. The number of aryl methyl sites for hydroxylation is 1. The molecular formula is C21H19N3O3S. The minimum atomic E-state index is -0.218. The van der Waals surface area contributed by atoms with Crippen molar-refractivity contribution >= 4 is 29.0 Å². The van der Waals surface area contributed by atoms with E-state index in [1.54, 1.807) is 16.7 Å². The number of carbonyl (C=O) groups is 1. The number of thiazole rings is 1. The van der Waals surface area contributed by atoms with Gasteiger partial charge in [0.25, 0.3) is 11.5 Å². The zero-order chi connectivity index (χ0) is 19.5. The number of nitrogens with zero attached hydrogens (tertiary/aromatic N) is 2. The Bertz CT molecular complexity index is 1180. The number of hydrogen-bond acceptors (Lipinski definition) is 5. The number of carbonyl (C=O) groups excluding carboxylic acids is 1. The van der Waals surface area contributed by atoms with Crippen LogP contribution >= 0.6 is 11.3 Å². The molecule has 142 valence electrons. The van der Waals surface area contributed by atoms with E-state index in [1.807, 2.05) is 49.4 Å². The zero-order valence-electron chi connectivity index (χ0n) is 15.3. The number of aromatic nitrogens is 1. The summed E-state index contributed by atoms with van der Waals surface area (Å²) in [7, 11) is 0. The maximum atomic E-state index is 12.3. The molecule has 4 rings (SSSR count). The molecule has 0 saturated carbocycles. The Balaban J connectivity index is 1.38. The fraction of sp³-hybridized carbons (Fsp3) is 0.190. The van der Waals surface area contributed by atoms with E-state index in [-0.39, 0.29) is 18.1 Å². The number of nitrogens with one attached hydrogen (secondary N) is 1. The highest BCUT2D eigenvalue weighted by Gasteiger charge is 2.09. The Morgan fingerprint density at radius 2 is 1.96 bits per heavy atom. The smallest absolute Gasteiger partial charge is 0.270 e. The Morgan fingerprint density at radius 1 is 1.21 bits per heavy atom. The summed E-state index contributed by atoms with van der Waals surface area (Å²) in [5.41, 5.74) is 2.78. The second kappa shape index (κ2) is 7.82. The third-order valence-electron chi connectivity index (χ3n) is 4.34. The van der Waals surface area contributed by atoms with Crippen molar-refractivity contribution in [2.24, 2.45) is 4.99 Å². The topological polar surface area (TPSA) is 72.7 Å². The number of rotatable bonds is 5. The molecule has 1 amide bonds. The van der Waals surface area contributed by atoms with Crippen LogP contribution in [0.2, 0.25) is 0 Å². The summed E-state index contributed by atoms with van der Waals surface area (Å²) in [4.78, 5) is 29.4. The molecule has 1 aliphatic heterocycles. The highest BCUT2D eigenvalue weighted by atomic mass is 32.1. The third kappa shape index (κ3) is 4.04. The highest BCUT2D eigenvalue weighted by molar-refractivity contribution is 7.07. The van der Waals surface area contributed by atoms with Crippen molar-refractivity contribution in [3.8, 4) is 5.75 Å². The van der Waals surface area contributed by atoms with E-state index in [0.29, 0.717) is 23.4 Å². The van der Waals surface area contributed by atoms with Crippen LogP contribution in [0.25, 0.3) is 6.08 Å². The lowest BCUT2D eigenvalue weighted by Gasteiger charge is -2.08. The minimum Gasteiger partial charge on any atom is -0.484 e. The fourth-order valence-electron chi connectivity index (χ4n) is 2.86. The van der Waals surface area contributed by atoms with Crippen LogP contribution in [-0.4, -0.2) is 23.6 Å². The van der Waals surface area contributed by atoms with E-state index in [9.17, 15) is 9.59 Å². The van der Waals surface area contributed by atoms with E-state index in [0.717, 1.165) is 21.6 Å². The van der Waals surface area contributed by atoms with Gasteiger partial charge in [0.2, 0.25) is 0 Å². The molecule has 1 N–H and O–H groups in total. The second-order valence-corrected chi connectivity index (χ2v) is 7.51. The van der Waals surface area contributed by atoms with Crippen molar-refractivity contribution in [1.82, 2.24) is 4.57 Å². The number of hydrogen-bond donors (Lipinski definition) is 1. The summed E-state index contributed by atoms with van der Waals surface area (Å²) in [6, 6.07) is 14.9. The molecule has 0 bridgehead atoms. The molecule has 7 heteroatoms. The molecule has 0 aliphatic carbocycles. The molecule has 2 aromatic carbocycles. The van der Waals surface area contributed by atoms with Crippen LogP contribution in [0, 0.1) is 6.92 Å². The first kappa shape index (κ1) is 18.2. The lowest BCUT2D eigenvalue weighted by molar-refractivity contribution is -0.118. The Morgan fingerprint density at radius 3 is 2.68 bits per heavy atom. The predicted molar refractivity (Wildman–Crippen MR) is 110 cm³/mol. The van der Waals surface area contributed by atoms with Gasteiger partial charge >= 0.3 is 0 Å². The minimum absolute atomic E-state index is 0.00866. The van der Waals surface area contributed by atoms with E-state index in [2.05, 4.69) is 10.3 Å². The van der Waals surface area contributed by atoms with E-state index in [4.69, 9.17) is 4.74 Å². The van der Waals surface area contributed by atoms with Crippen molar-refractivity contribution in [2.45, 2.75) is 13.5 Å². The predicted octanol–water partition coefficient (Wildman–Crippen LogP) is 1.70. The van der Waals surface area contributed by atoms with Crippen LogP contribution < -0.4 is 24.9 Å². The average Bonchev–Trinajstić information content (AvgIpc) is 3.26. The molecule has 0 atom stereocenters. The Kier molecular flexibility index (Phi) is 5.08. The van der Waals surface area contributed by atoms with Crippen LogP contribution in [0.15, 0.2) is 58.3 Å². The van der Waals surface area contributed by atoms with Gasteiger partial charge in [0.1, 0.15) is 5.75 Å². The molecule has 3 aromatic rings. The van der Waals surface area contributed by atoms with Gasteiger partial charge in [0.05, 0.1) is 11.1 Å². The zero-order valence-corrected chi connectivity index (χ0v) is 16.2. The molecule has 0 fully saturated rings. The van der Waals surface area contributed by atoms with Gasteiger partial charge in [0, 0.05) is 12.2 Å². The number of anilines is 1. The van der Waals surface area contributed by atoms with Gasteiger partial charge in [0.15, 0.2) is 11.4 Å². The first-order valence-electron chi connectivity index (χ1n) is 8.94. The number of fused-ring (bicyclic) bond motifs is 1. The molecular weight excluding hydrogens is 374 g/mol. The number of ether oxygens (including phenoxy) is 1. The Hall–Kier alpha value is -3.19. The van der Waals surface area contributed by atoms with Crippen LogP contribution in [0.1, 0.15) is 11.1 Å². The molecule has 2 heterocycles. The SMILES string of the molecule is Cc1ccc(NC(=O)COc2ccc(/C=c3\sc4n(c3=O)CCN=4)cc2)cc1. The quantitative estimate of drug-likeness (QED) is 0.717. The maximum Gasteiger partial charge on any atom is 0.270 e. The summed E-state index contributed by atoms with van der Waals surface area (Å²) in [5.74, 6) is 0.376. The molecule has 28 heavy (non-hydrogen) atoms. The fourth-order valence-corrected chi connectivity index (χ4v) is 3.89. The summed E-state index contributed by atoms with van der Waals surface area (Å²) in [6.07, 6.45) is 1.85. The molecule has 0 radical (unpaired) electrons. The standard InChI is InChI=1S/C21H19N3O3S/c1-14-2-6-16(7-3-14)23-19(25)13-27-17-8-4-15(5-9-17)12-18-20(26)24-11-10-22-21(24)28-18/h2-9,12H,10-11,13H2,1H3,(H,23,25)/b18-12-. The van der Waals surface area contributed by atoms with Gasteiger partial charge in [-0.05, 0) is 42.8 Å². The number of amides is 1. The molecule has 0 spiro atoms. The molecule has 0 unspecified atom stereocenters. The van der Waals surface area contributed by atoms with Gasteiger partial charge in [-0.3, -0.25) is 19.1 Å². The highest BCUT2D eigenvalue weighted by Crippen LogP contribution is 2.13. The van der Waals surface area contributed by atoms with Gasteiger partial charge < -0.3 is 10.1 Å². The van der Waals surface area contributed by atoms with Crippen LogP contribution in [0.3, 0.4) is 0 Å². The molecule has 1 aliphatic rings. The van der Waals surface area contributed by atoms with Gasteiger partial charge in [-0.2, -0.15) is 0 Å². The van der Waals surface area contributed by atoms with Crippen LogP contribution in [0.4, 0.5) is 5.69 Å². The average molecular weight is 393 g/mol. The van der Waals surface area contributed by atoms with Gasteiger partial charge in [-0.25, -0.2) is 0 Å². The van der Waals surface area contributed by atoms with Crippen molar-refractivity contribution in [1.29, 1.82) is 0 Å². The normalized spacial score (nSPS) is 13.1. The molecule has 1 aromatic heterocycles. The van der Waals surface area contributed by atoms with E-state index >= 15 is 0 Å². The van der Waals surface area contributed by atoms with Crippen molar-refractivity contribution < 1.29 is 9.53 Å². The first-order valence-corrected chi connectivity index (χ1v) is 9.75. The van der Waals surface area contributed by atoms with Crippen molar-refractivity contribution in [3.05, 3.63) is 79.3 Å². The Labute approximate surface area is 165 Å². The van der Waals surface area contributed by atoms with Crippen molar-refractivity contribution in [3.63, 3.8) is 0 Å². The monoisotopic (exact) mass is 393 g/mol. The third-order valence-corrected chi connectivity index (χ3v) is 5.39. The second-order valence-electron chi connectivity index (χ2n) is 6.50. The summed E-state index contributed by atoms with van der Waals surface area (Å²) >= 11 is 1.41. The summed E-state index contributed by atoms with van der Waals surface area (Å²) in [5, 5.41) is 2.79. The summed E-state index contributed by atoms with van der Waals surface area (Å²) < 4.78 is 7.92. The summed E-state index contributed by atoms with van der Waals surface area (Å²) in [6.45, 7) is 3.27. The first-order chi connectivity index (χ1) is 13.6. The lowest BCUT2D eigenvalue weighted by Crippen LogP contribution is -2.29. The van der Waals surface area contributed by atoms with Crippen LogP contribution in [-0.2, 0) is 11.3 Å². The van der Waals surface area contributed by atoms with Crippen LogP contribution in [0.5, 0.6) is 5.75 Å². The maximum absolute atomic E-state index is 12.3. The van der Waals surface area contributed by atoms with E-state index in [1.165, 1.54) is 11.3 Å². The van der Waals surface area contributed by atoms with Gasteiger partial charge in [-0.1, -0.05) is 41.2 Å². The molecule has 6 nitrogen and oxygen atoms in total. The van der Waals surface area contributed by atoms with Gasteiger partial charge in [-0.15, -0.1) is 0 Å². The lowest BCUT2D eigenvalue weighted by atomic mass is 10.2. The van der Waals surface area contributed by atoms with E-state index < -0.39 is 0 Å². The largest absolute Gasteiger partial charge is 0.484 e. The van der Waals surface area contributed by atoms with Crippen molar-refractivity contribution in [2.75, 3.05) is 18.5 Å². The number of benzene rings is 2.